The largest absolute Gasteiger partial charge is 0.308 e. The van der Waals surface area contributed by atoms with Gasteiger partial charge < -0.3 is 4.57 Å². The highest BCUT2D eigenvalue weighted by molar-refractivity contribution is 6.34. The van der Waals surface area contributed by atoms with E-state index >= 15 is 0 Å². The Morgan fingerprint density at radius 2 is 0.941 bits per heavy atom. The van der Waals surface area contributed by atoms with Gasteiger partial charge in [-0.15, -0.1) is 0 Å². The maximum absolute atomic E-state index is 5.33. The van der Waals surface area contributed by atoms with Crippen molar-refractivity contribution >= 4 is 75.8 Å². The van der Waals surface area contributed by atoms with E-state index in [1.165, 1.54) is 59.5 Å². The molecule has 0 aliphatic heterocycles. The predicted molar refractivity (Wildman–Crippen MR) is 215 cm³/mol. The first-order chi connectivity index (χ1) is 25.3. The molecule has 236 valence electrons. The lowest BCUT2D eigenvalue weighted by molar-refractivity contribution is 1.18. The summed E-state index contributed by atoms with van der Waals surface area (Å²) in [5.41, 5.74) is 7.44. The van der Waals surface area contributed by atoms with E-state index in [4.69, 9.17) is 9.97 Å². The van der Waals surface area contributed by atoms with Crippen LogP contribution >= 0.6 is 0 Å². The summed E-state index contributed by atoms with van der Waals surface area (Å²) in [5.74, 6) is 0.709. The van der Waals surface area contributed by atoms with E-state index in [0.29, 0.717) is 5.82 Å². The molecule has 0 N–H and O–H groups in total. The van der Waals surface area contributed by atoms with Crippen molar-refractivity contribution in [3.63, 3.8) is 0 Å². The Morgan fingerprint density at radius 1 is 0.353 bits per heavy atom. The highest BCUT2D eigenvalue weighted by Gasteiger charge is 2.21. The molecule has 0 bridgehead atoms. The number of hydrogen-bond acceptors (Lipinski definition) is 2. The van der Waals surface area contributed by atoms with Gasteiger partial charge in [0.2, 0.25) is 0 Å². The van der Waals surface area contributed by atoms with Crippen LogP contribution in [-0.4, -0.2) is 14.5 Å². The summed E-state index contributed by atoms with van der Waals surface area (Å²) >= 11 is 0. The molecule has 3 nitrogen and oxygen atoms in total. The molecule has 0 saturated carbocycles. The third-order valence-electron chi connectivity index (χ3n) is 10.5. The molecule has 9 aromatic carbocycles. The Labute approximate surface area is 293 Å². The van der Waals surface area contributed by atoms with Crippen LogP contribution in [-0.2, 0) is 0 Å². The van der Waals surface area contributed by atoms with Crippen LogP contribution in [0.4, 0.5) is 0 Å². The average Bonchev–Trinajstić information content (AvgIpc) is 3.57. The van der Waals surface area contributed by atoms with Crippen LogP contribution in [0.1, 0.15) is 0 Å². The van der Waals surface area contributed by atoms with Crippen molar-refractivity contribution in [1.29, 1.82) is 0 Å². The molecule has 3 heteroatoms. The van der Waals surface area contributed by atoms with Gasteiger partial charge in [-0.05, 0) is 45.1 Å². The second-order valence-corrected chi connectivity index (χ2v) is 13.3. The Balaban J connectivity index is 1.26. The molecular weight excluding hydrogens is 619 g/mol. The van der Waals surface area contributed by atoms with Crippen molar-refractivity contribution in [2.24, 2.45) is 0 Å². The van der Waals surface area contributed by atoms with Crippen molar-refractivity contribution in [1.82, 2.24) is 14.5 Å². The van der Waals surface area contributed by atoms with E-state index in [9.17, 15) is 0 Å². The third-order valence-corrected chi connectivity index (χ3v) is 10.5. The van der Waals surface area contributed by atoms with Crippen molar-refractivity contribution in [3.05, 3.63) is 176 Å². The lowest BCUT2D eigenvalue weighted by Gasteiger charge is -2.15. The Hall–Kier alpha value is -6.84. The van der Waals surface area contributed by atoms with Gasteiger partial charge in [0.25, 0.3) is 0 Å². The summed E-state index contributed by atoms with van der Waals surface area (Å²) in [7, 11) is 0. The topological polar surface area (TPSA) is 30.7 Å². The average molecular weight is 648 g/mol. The van der Waals surface area contributed by atoms with Crippen molar-refractivity contribution in [3.8, 4) is 28.3 Å². The molecule has 0 radical (unpaired) electrons. The van der Waals surface area contributed by atoms with Crippen LogP contribution < -0.4 is 0 Å². The standard InChI is InChI=1S/C48H29N3/c1-2-15-32(16-3-1)44-42-28-26-30-13-4-6-19-35(30)45(42)50-48(49-44)33-17-12-18-34(29-33)51-46-36-20-7-5-14-31(36)25-27-41(46)43-39-23-10-8-21-37(39)38-22-9-11-24-40(38)47(43)51/h1-29H. The van der Waals surface area contributed by atoms with E-state index in [1.54, 1.807) is 0 Å². The van der Waals surface area contributed by atoms with Gasteiger partial charge in [0.15, 0.2) is 5.82 Å². The lowest BCUT2D eigenvalue weighted by atomic mass is 9.96. The fourth-order valence-corrected chi connectivity index (χ4v) is 8.29. The van der Waals surface area contributed by atoms with Crippen molar-refractivity contribution < 1.29 is 0 Å². The summed E-state index contributed by atoms with van der Waals surface area (Å²) in [6.45, 7) is 0. The van der Waals surface area contributed by atoms with Gasteiger partial charge in [0.05, 0.1) is 22.2 Å². The smallest absolute Gasteiger partial charge is 0.160 e. The summed E-state index contributed by atoms with van der Waals surface area (Å²) in [6.07, 6.45) is 0. The molecule has 0 unspecified atom stereocenters. The van der Waals surface area contributed by atoms with Gasteiger partial charge in [-0.1, -0.05) is 158 Å². The zero-order chi connectivity index (χ0) is 33.5. The van der Waals surface area contributed by atoms with Gasteiger partial charge in [-0.3, -0.25) is 0 Å². The predicted octanol–water partition coefficient (Wildman–Crippen LogP) is 12.7. The van der Waals surface area contributed by atoms with Crippen LogP contribution in [0.2, 0.25) is 0 Å². The second kappa shape index (κ2) is 10.8. The molecule has 2 aromatic heterocycles. The Morgan fingerprint density at radius 3 is 1.73 bits per heavy atom. The van der Waals surface area contributed by atoms with Gasteiger partial charge in [0, 0.05) is 49.1 Å². The van der Waals surface area contributed by atoms with Crippen molar-refractivity contribution in [2.75, 3.05) is 0 Å². The number of nitrogens with zero attached hydrogens (tertiary/aromatic N) is 3. The first-order valence-corrected chi connectivity index (χ1v) is 17.4. The van der Waals surface area contributed by atoms with Gasteiger partial charge in [-0.2, -0.15) is 0 Å². The molecule has 51 heavy (non-hydrogen) atoms. The van der Waals surface area contributed by atoms with Gasteiger partial charge >= 0.3 is 0 Å². The van der Waals surface area contributed by atoms with Crippen LogP contribution in [0.15, 0.2) is 176 Å². The molecule has 2 heterocycles. The van der Waals surface area contributed by atoms with Crippen LogP contribution in [0.25, 0.3) is 104 Å². The zero-order valence-corrected chi connectivity index (χ0v) is 27.6. The molecule has 0 spiro atoms. The van der Waals surface area contributed by atoms with E-state index in [0.717, 1.165) is 38.8 Å². The van der Waals surface area contributed by atoms with Gasteiger partial charge in [0.1, 0.15) is 0 Å². The lowest BCUT2D eigenvalue weighted by Crippen LogP contribution is -1.99. The SMILES string of the molecule is c1ccc(-c2nc(-c3cccc(-n4c5c6ccccc6ccc5c5c6ccccc6c6ccccc6c54)c3)nc3c2ccc2ccccc23)cc1. The third kappa shape index (κ3) is 4.12. The maximum atomic E-state index is 5.33. The minimum Gasteiger partial charge on any atom is -0.308 e. The summed E-state index contributed by atoms with van der Waals surface area (Å²) in [5, 5.41) is 13.3. The normalized spacial score (nSPS) is 11.9. The van der Waals surface area contributed by atoms with E-state index in [1.807, 2.05) is 0 Å². The number of fused-ring (bicyclic) bond motifs is 13. The van der Waals surface area contributed by atoms with E-state index in [2.05, 4.69) is 180 Å². The summed E-state index contributed by atoms with van der Waals surface area (Å²) in [6, 6.07) is 63.1. The number of aromatic nitrogens is 3. The molecule has 0 saturated heterocycles. The summed E-state index contributed by atoms with van der Waals surface area (Å²) in [4.78, 5) is 10.6. The van der Waals surface area contributed by atoms with Gasteiger partial charge in [-0.25, -0.2) is 9.97 Å². The monoisotopic (exact) mass is 647 g/mol. The fourth-order valence-electron chi connectivity index (χ4n) is 8.29. The Bertz CT molecular complexity index is 3190. The highest BCUT2D eigenvalue weighted by Crippen LogP contribution is 2.44. The molecule has 11 aromatic rings. The minimum atomic E-state index is 0.709. The molecule has 0 aliphatic carbocycles. The zero-order valence-electron chi connectivity index (χ0n) is 27.6. The molecule has 0 fully saturated rings. The Kier molecular flexibility index (Phi) is 5.96. The van der Waals surface area contributed by atoms with Crippen LogP contribution in [0.5, 0.6) is 0 Å². The first kappa shape index (κ1) is 28.0. The molecular formula is C48H29N3. The van der Waals surface area contributed by atoms with E-state index in [-0.39, 0.29) is 0 Å². The van der Waals surface area contributed by atoms with Crippen LogP contribution in [0, 0.1) is 0 Å². The minimum absolute atomic E-state index is 0.709. The van der Waals surface area contributed by atoms with Crippen LogP contribution in [0.3, 0.4) is 0 Å². The first-order valence-electron chi connectivity index (χ1n) is 17.4. The molecule has 0 amide bonds. The number of hydrogen-bond donors (Lipinski definition) is 0. The molecule has 0 aliphatic rings. The quantitative estimate of drug-likeness (QED) is 0.179. The maximum Gasteiger partial charge on any atom is 0.160 e. The highest BCUT2D eigenvalue weighted by atomic mass is 15.0. The molecule has 11 rings (SSSR count). The van der Waals surface area contributed by atoms with E-state index < -0.39 is 0 Å². The van der Waals surface area contributed by atoms with Crippen molar-refractivity contribution in [2.45, 2.75) is 0 Å². The summed E-state index contributed by atoms with van der Waals surface area (Å²) < 4.78 is 2.49. The number of benzene rings is 9. The number of rotatable bonds is 3. The fraction of sp³-hybridized carbons (Fsp3) is 0. The molecule has 0 atom stereocenters. The second-order valence-electron chi connectivity index (χ2n) is 13.3.